The van der Waals surface area contributed by atoms with E-state index in [9.17, 15) is 70.7 Å². The first-order chi connectivity index (χ1) is 12.6. The molecule has 0 aromatic heterocycles. The number of carboxylic acid groups (broad SMARTS) is 1. The lowest BCUT2D eigenvalue weighted by Gasteiger charge is -2.42. The second-order valence-corrected chi connectivity index (χ2v) is 6.72. The van der Waals surface area contributed by atoms with Crippen LogP contribution in [0.3, 0.4) is 0 Å². The summed E-state index contributed by atoms with van der Waals surface area (Å²) in [5, 5.41) is 8.41. The van der Waals surface area contributed by atoms with Gasteiger partial charge in [0.15, 0.2) is 6.54 Å². The quantitative estimate of drug-likeness (QED) is 0.385. The van der Waals surface area contributed by atoms with Crippen LogP contribution in [0.25, 0.3) is 0 Å². The van der Waals surface area contributed by atoms with Crippen molar-refractivity contribution in [3.05, 3.63) is 0 Å². The number of halogens is 15. The van der Waals surface area contributed by atoms with Crippen LogP contribution in [-0.4, -0.2) is 84.5 Å². The molecule has 0 saturated carbocycles. The van der Waals surface area contributed by atoms with Crippen molar-refractivity contribution < 1.29 is 80.2 Å². The Morgan fingerprint density at radius 2 is 0.933 bits per heavy atom. The number of quaternary nitrogens is 1. The summed E-state index contributed by atoms with van der Waals surface area (Å²) in [4.78, 5) is 10.4. The Labute approximate surface area is 156 Å². The zero-order valence-corrected chi connectivity index (χ0v) is 14.4. The highest BCUT2D eigenvalue weighted by Gasteiger charge is 2.93. The number of hydrogen-bond acceptors (Lipinski definition) is 1. The Kier molecular flexibility index (Phi) is 6.83. The fourth-order valence-electron chi connectivity index (χ4n) is 2.06. The minimum atomic E-state index is -8.35. The van der Waals surface area contributed by atoms with Gasteiger partial charge in [-0.15, -0.1) is 0 Å². The van der Waals surface area contributed by atoms with Crippen LogP contribution < -0.4 is 0 Å². The van der Waals surface area contributed by atoms with Crippen molar-refractivity contribution in [2.24, 2.45) is 0 Å². The van der Waals surface area contributed by atoms with Crippen LogP contribution >= 0.6 is 0 Å². The van der Waals surface area contributed by atoms with Gasteiger partial charge in [0.1, 0.15) is 6.54 Å². The summed E-state index contributed by atoms with van der Waals surface area (Å²) in [6.07, 6.45) is -7.66. The van der Waals surface area contributed by atoms with Gasteiger partial charge in [0.05, 0.1) is 14.1 Å². The van der Waals surface area contributed by atoms with Crippen LogP contribution in [0, 0.1) is 0 Å². The molecule has 3 nitrogen and oxygen atoms in total. The Balaban J connectivity index is 6.45. The lowest BCUT2D eigenvalue weighted by Crippen LogP contribution is -2.73. The number of carbonyl (C=O) groups is 1. The van der Waals surface area contributed by atoms with Crippen molar-refractivity contribution >= 4 is 5.97 Å². The summed E-state index contributed by atoms with van der Waals surface area (Å²) in [5.74, 6) is -49.0. The molecule has 18 heteroatoms. The molecule has 0 rings (SSSR count). The third kappa shape index (κ3) is 4.23. The highest BCUT2D eigenvalue weighted by Crippen LogP contribution is 2.62. The summed E-state index contributed by atoms with van der Waals surface area (Å²) in [5.41, 5.74) is 0. The van der Waals surface area contributed by atoms with Gasteiger partial charge in [0, 0.05) is 0 Å². The lowest BCUT2D eigenvalue weighted by molar-refractivity contribution is -0.892. The van der Waals surface area contributed by atoms with E-state index in [4.69, 9.17) is 5.11 Å². The minimum absolute atomic E-state index is 0.376. The maximum atomic E-state index is 13.7. The average Bonchev–Trinajstić information content (AvgIpc) is 2.41. The summed E-state index contributed by atoms with van der Waals surface area (Å²) in [7, 11) is 0.752. The lowest BCUT2D eigenvalue weighted by atomic mass is 9.90. The number of hydrogen-bond donors (Lipinski definition) is 1. The van der Waals surface area contributed by atoms with Gasteiger partial charge < -0.3 is 9.59 Å². The van der Waals surface area contributed by atoms with E-state index in [0.717, 1.165) is 0 Å². The van der Waals surface area contributed by atoms with Crippen molar-refractivity contribution in [3.8, 4) is 0 Å². The molecule has 0 atom stereocenters. The van der Waals surface area contributed by atoms with Crippen molar-refractivity contribution in [3.63, 3.8) is 0 Å². The number of carboxylic acids is 1. The van der Waals surface area contributed by atoms with Crippen molar-refractivity contribution in [2.45, 2.75) is 41.7 Å². The molecule has 180 valence electrons. The SMILES string of the molecule is C[N+](C)(CC(=O)O)CC(F)(F)C(F)(F)C(F)(F)C(F)(F)C(F)(F)C(F)(F)C(F)(F)F. The smallest absolute Gasteiger partial charge is 0.460 e. The molecule has 0 aliphatic carbocycles. The fourth-order valence-corrected chi connectivity index (χ4v) is 2.06. The minimum Gasteiger partial charge on any atom is -0.477 e. The second-order valence-electron chi connectivity index (χ2n) is 6.72. The number of nitrogens with zero attached hydrogens (tertiary/aromatic N) is 1. The van der Waals surface area contributed by atoms with Crippen molar-refractivity contribution in [1.82, 2.24) is 0 Å². The largest absolute Gasteiger partial charge is 0.477 e. The average molecular weight is 486 g/mol. The third-order valence-corrected chi connectivity index (χ3v) is 3.58. The number of aliphatic carboxylic acids is 1. The monoisotopic (exact) mass is 486 g/mol. The Morgan fingerprint density at radius 1 is 0.633 bits per heavy atom. The van der Waals surface area contributed by atoms with Gasteiger partial charge in [-0.1, -0.05) is 0 Å². The van der Waals surface area contributed by atoms with Crippen molar-refractivity contribution in [2.75, 3.05) is 27.2 Å². The fraction of sp³-hybridized carbons (Fsp3) is 0.917. The zero-order valence-electron chi connectivity index (χ0n) is 14.4. The van der Waals surface area contributed by atoms with E-state index in [0.29, 0.717) is 14.1 Å². The van der Waals surface area contributed by atoms with Crippen LogP contribution in [0.2, 0.25) is 0 Å². The zero-order chi connectivity index (χ0) is 25.0. The molecule has 0 radical (unpaired) electrons. The predicted octanol–water partition coefficient (Wildman–Crippen LogP) is 4.52. The molecule has 30 heavy (non-hydrogen) atoms. The standard InChI is InChI=1S/C12H10F15NO2/c1-28(2,3-5(29)30)4-6(13,14)7(15,16)8(17,18)9(19,20)10(21,22)11(23,24)12(25,26)27/h3-4H2,1-2H3/p+1. The summed E-state index contributed by atoms with van der Waals surface area (Å²) < 4.78 is 193. The Bertz CT molecular complexity index is 652. The van der Waals surface area contributed by atoms with E-state index in [1.807, 2.05) is 0 Å². The second kappa shape index (κ2) is 7.22. The molecule has 1 N–H and O–H groups in total. The first-order valence-electron chi connectivity index (χ1n) is 7.00. The van der Waals surface area contributed by atoms with Crippen LogP contribution in [0.5, 0.6) is 0 Å². The number of likely N-dealkylation sites (N-methyl/N-ethyl adjacent to an activating group) is 1. The van der Waals surface area contributed by atoms with Gasteiger partial charge in [-0.3, -0.25) is 0 Å². The van der Waals surface area contributed by atoms with Crippen LogP contribution in [0.4, 0.5) is 65.9 Å². The molecule has 0 spiro atoms. The van der Waals surface area contributed by atoms with E-state index in [1.54, 1.807) is 0 Å². The van der Waals surface area contributed by atoms with E-state index >= 15 is 0 Å². The van der Waals surface area contributed by atoms with Gasteiger partial charge in [0.25, 0.3) is 0 Å². The van der Waals surface area contributed by atoms with Crippen molar-refractivity contribution in [1.29, 1.82) is 0 Å². The summed E-state index contributed by atoms with van der Waals surface area (Å²) in [6, 6.07) is 0. The first kappa shape index (κ1) is 28.4. The van der Waals surface area contributed by atoms with E-state index in [1.165, 1.54) is 0 Å². The van der Waals surface area contributed by atoms with E-state index < -0.39 is 65.3 Å². The molecule has 0 heterocycles. The van der Waals surface area contributed by atoms with Gasteiger partial charge in [0.2, 0.25) is 0 Å². The predicted molar refractivity (Wildman–Crippen MR) is 65.2 cm³/mol. The maximum absolute atomic E-state index is 13.7. The molecule has 0 amide bonds. The maximum Gasteiger partial charge on any atom is 0.460 e. The highest BCUT2D eigenvalue weighted by molar-refractivity contribution is 5.67. The van der Waals surface area contributed by atoms with Crippen LogP contribution in [0.15, 0.2) is 0 Å². The topological polar surface area (TPSA) is 37.3 Å². The molecule has 0 unspecified atom stereocenters. The summed E-state index contributed by atoms with van der Waals surface area (Å²) >= 11 is 0. The molecule has 0 aliphatic rings. The molecule has 0 bridgehead atoms. The van der Waals surface area contributed by atoms with Gasteiger partial charge in [-0.25, -0.2) is 4.79 Å². The molecular formula is C12H11F15NO2+. The first-order valence-corrected chi connectivity index (χ1v) is 7.00. The Hall–Kier alpha value is -1.62. The summed E-state index contributed by atoms with van der Waals surface area (Å²) in [6.45, 7) is -4.25. The molecular weight excluding hydrogens is 475 g/mol. The molecule has 0 aromatic rings. The Morgan fingerprint density at radius 3 is 1.23 bits per heavy atom. The highest BCUT2D eigenvalue weighted by atomic mass is 19.4. The molecule has 0 fully saturated rings. The van der Waals surface area contributed by atoms with Gasteiger partial charge in [-0.2, -0.15) is 65.9 Å². The van der Waals surface area contributed by atoms with Crippen LogP contribution in [-0.2, 0) is 4.79 Å². The van der Waals surface area contributed by atoms with Gasteiger partial charge in [-0.05, 0) is 0 Å². The number of alkyl halides is 15. The van der Waals surface area contributed by atoms with E-state index in [-0.39, 0.29) is 0 Å². The third-order valence-electron chi connectivity index (χ3n) is 3.58. The normalized spacial score (nSPS) is 16.0. The van der Waals surface area contributed by atoms with E-state index in [2.05, 4.69) is 0 Å². The molecule has 0 saturated heterocycles. The molecule has 0 aliphatic heterocycles. The van der Waals surface area contributed by atoms with Gasteiger partial charge >= 0.3 is 47.7 Å². The van der Waals surface area contributed by atoms with Crippen LogP contribution in [0.1, 0.15) is 0 Å². The molecule has 0 aromatic carbocycles. The number of rotatable bonds is 9.